The Morgan fingerprint density at radius 2 is 1.62 bits per heavy atom. The minimum absolute atomic E-state index is 0.0240. The van der Waals surface area contributed by atoms with Gasteiger partial charge in [0.2, 0.25) is 16.0 Å². The molecule has 2 aromatic carbocycles. The van der Waals surface area contributed by atoms with E-state index in [1.807, 2.05) is 18.2 Å². The Labute approximate surface area is 196 Å². The van der Waals surface area contributed by atoms with E-state index in [0.29, 0.717) is 40.8 Å². The van der Waals surface area contributed by atoms with Gasteiger partial charge in [0.15, 0.2) is 0 Å². The molecule has 34 heavy (non-hydrogen) atoms. The highest BCUT2D eigenvalue weighted by Gasteiger charge is 2.28. The number of anilines is 2. The third-order valence-corrected chi connectivity index (χ3v) is 7.98. The SMILES string of the molecule is Nc1ncc(-c2ccc3nc(N)n(-c4ccccc4)c(=O)c3c2)cc1S(=O)(=O)N1CCCCC1. The normalized spacial score (nSPS) is 14.9. The van der Waals surface area contributed by atoms with Crippen LogP contribution in [0.2, 0.25) is 0 Å². The monoisotopic (exact) mass is 476 g/mol. The maximum absolute atomic E-state index is 13.3. The zero-order valence-corrected chi connectivity index (χ0v) is 19.2. The highest BCUT2D eigenvalue weighted by molar-refractivity contribution is 7.89. The number of sulfonamides is 1. The molecule has 0 unspecified atom stereocenters. The van der Waals surface area contributed by atoms with E-state index >= 15 is 0 Å². The summed E-state index contributed by atoms with van der Waals surface area (Å²) >= 11 is 0. The van der Waals surface area contributed by atoms with Gasteiger partial charge in [-0.2, -0.15) is 4.31 Å². The van der Waals surface area contributed by atoms with Gasteiger partial charge in [-0.25, -0.2) is 23.0 Å². The number of nitrogens with zero attached hydrogens (tertiary/aromatic N) is 4. The number of benzene rings is 2. The zero-order chi connectivity index (χ0) is 23.9. The number of nitrogen functional groups attached to an aromatic ring is 2. The van der Waals surface area contributed by atoms with Crippen molar-refractivity contribution >= 4 is 32.7 Å². The van der Waals surface area contributed by atoms with Crippen molar-refractivity contribution in [3.63, 3.8) is 0 Å². The summed E-state index contributed by atoms with van der Waals surface area (Å²) in [6, 6.07) is 15.7. The van der Waals surface area contributed by atoms with Crippen molar-refractivity contribution in [3.8, 4) is 16.8 Å². The van der Waals surface area contributed by atoms with E-state index in [-0.39, 0.29) is 22.2 Å². The molecule has 3 heterocycles. The van der Waals surface area contributed by atoms with Crippen molar-refractivity contribution in [2.45, 2.75) is 24.2 Å². The van der Waals surface area contributed by atoms with Crippen LogP contribution in [-0.2, 0) is 10.0 Å². The molecule has 0 aliphatic carbocycles. The molecular formula is C24H24N6O3S. The Morgan fingerprint density at radius 1 is 0.882 bits per heavy atom. The lowest BCUT2D eigenvalue weighted by atomic mass is 10.1. The predicted octanol–water partition coefficient (Wildman–Crippen LogP) is 2.79. The van der Waals surface area contributed by atoms with Crippen molar-refractivity contribution < 1.29 is 8.42 Å². The zero-order valence-electron chi connectivity index (χ0n) is 18.4. The van der Waals surface area contributed by atoms with Crippen LogP contribution < -0.4 is 17.0 Å². The molecule has 0 saturated carbocycles. The Hall–Kier alpha value is -3.76. The quantitative estimate of drug-likeness (QED) is 0.462. The highest BCUT2D eigenvalue weighted by Crippen LogP contribution is 2.30. The molecule has 4 aromatic rings. The number of para-hydroxylation sites is 1. The first-order valence-electron chi connectivity index (χ1n) is 11.0. The molecule has 5 rings (SSSR count). The van der Waals surface area contributed by atoms with Crippen molar-refractivity contribution in [1.29, 1.82) is 0 Å². The lowest BCUT2D eigenvalue weighted by molar-refractivity contribution is 0.347. The van der Waals surface area contributed by atoms with Crippen LogP contribution in [0, 0.1) is 0 Å². The van der Waals surface area contributed by atoms with Gasteiger partial charge in [-0.1, -0.05) is 30.7 Å². The number of rotatable bonds is 4. The summed E-state index contributed by atoms with van der Waals surface area (Å²) < 4.78 is 29.3. The van der Waals surface area contributed by atoms with Crippen LogP contribution in [0.4, 0.5) is 11.8 Å². The fourth-order valence-electron chi connectivity index (χ4n) is 4.27. The Kier molecular flexibility index (Phi) is 5.54. The van der Waals surface area contributed by atoms with Gasteiger partial charge in [-0.15, -0.1) is 0 Å². The molecule has 0 amide bonds. The highest BCUT2D eigenvalue weighted by atomic mass is 32.2. The van der Waals surface area contributed by atoms with Gasteiger partial charge in [-0.05, 0) is 48.7 Å². The lowest BCUT2D eigenvalue weighted by Gasteiger charge is -2.26. The Bertz CT molecular complexity index is 1540. The van der Waals surface area contributed by atoms with Gasteiger partial charge in [0.25, 0.3) is 5.56 Å². The summed E-state index contributed by atoms with van der Waals surface area (Å²) in [5, 5.41) is 0.354. The van der Waals surface area contributed by atoms with Crippen LogP contribution in [0.25, 0.3) is 27.7 Å². The lowest BCUT2D eigenvalue weighted by Crippen LogP contribution is -2.36. The first-order chi connectivity index (χ1) is 16.4. The number of hydrogen-bond acceptors (Lipinski definition) is 7. The van der Waals surface area contributed by atoms with Crippen molar-refractivity contribution in [2.75, 3.05) is 24.6 Å². The standard InChI is InChI=1S/C24H24N6O3S/c25-22-21(34(32,33)29-11-5-2-6-12-29)14-17(15-27-22)16-9-10-20-19(13-16)23(31)30(24(26)28-20)18-7-3-1-4-8-18/h1,3-4,7-10,13-15H,2,5-6,11-12H2,(H2,25,27)(H2,26,28). The average Bonchev–Trinajstić information content (AvgIpc) is 2.85. The topological polar surface area (TPSA) is 137 Å². The molecule has 0 atom stereocenters. The molecular weight excluding hydrogens is 452 g/mol. The summed E-state index contributed by atoms with van der Waals surface area (Å²) in [7, 11) is -3.77. The second kappa shape index (κ2) is 8.54. The molecule has 174 valence electrons. The summed E-state index contributed by atoms with van der Waals surface area (Å²) in [6.45, 7) is 0.933. The van der Waals surface area contributed by atoms with Crippen LogP contribution in [-0.4, -0.2) is 40.3 Å². The second-order valence-electron chi connectivity index (χ2n) is 8.25. The average molecular weight is 477 g/mol. The van der Waals surface area contributed by atoms with E-state index < -0.39 is 10.0 Å². The number of nitrogens with two attached hydrogens (primary N) is 2. The maximum Gasteiger partial charge on any atom is 0.267 e. The maximum atomic E-state index is 13.3. The van der Waals surface area contributed by atoms with Crippen LogP contribution in [0.3, 0.4) is 0 Å². The smallest absolute Gasteiger partial charge is 0.267 e. The van der Waals surface area contributed by atoms with Gasteiger partial charge in [0.05, 0.1) is 16.6 Å². The molecule has 1 aliphatic heterocycles. The summed E-state index contributed by atoms with van der Waals surface area (Å²) in [5.41, 5.74) is 14.0. The molecule has 2 aromatic heterocycles. The molecule has 0 radical (unpaired) electrons. The van der Waals surface area contributed by atoms with Crippen LogP contribution in [0.1, 0.15) is 19.3 Å². The van der Waals surface area contributed by atoms with Crippen LogP contribution >= 0.6 is 0 Å². The van der Waals surface area contributed by atoms with E-state index in [9.17, 15) is 13.2 Å². The largest absolute Gasteiger partial charge is 0.383 e. The number of hydrogen-bond donors (Lipinski definition) is 2. The van der Waals surface area contributed by atoms with Gasteiger partial charge in [0.1, 0.15) is 10.7 Å². The number of fused-ring (bicyclic) bond motifs is 1. The van der Waals surface area contributed by atoms with Crippen molar-refractivity contribution in [1.82, 2.24) is 18.8 Å². The number of aromatic nitrogens is 3. The van der Waals surface area contributed by atoms with Crippen LogP contribution in [0.15, 0.2) is 70.5 Å². The first kappa shape index (κ1) is 22.1. The Balaban J connectivity index is 1.63. The number of pyridine rings is 1. The van der Waals surface area contributed by atoms with E-state index in [1.165, 1.54) is 21.1 Å². The van der Waals surface area contributed by atoms with Gasteiger partial charge in [-0.3, -0.25) is 4.79 Å². The van der Waals surface area contributed by atoms with E-state index in [0.717, 1.165) is 19.3 Å². The van der Waals surface area contributed by atoms with E-state index in [1.54, 1.807) is 30.3 Å². The molecule has 1 saturated heterocycles. The van der Waals surface area contributed by atoms with Crippen molar-refractivity contribution in [2.24, 2.45) is 0 Å². The third kappa shape index (κ3) is 3.80. The van der Waals surface area contributed by atoms with E-state index in [2.05, 4.69) is 9.97 Å². The second-order valence-corrected chi connectivity index (χ2v) is 10.2. The van der Waals surface area contributed by atoms with Gasteiger partial charge >= 0.3 is 0 Å². The van der Waals surface area contributed by atoms with Gasteiger partial charge < -0.3 is 11.5 Å². The summed E-state index contributed by atoms with van der Waals surface area (Å²) in [4.78, 5) is 21.8. The predicted molar refractivity (Wildman–Crippen MR) is 132 cm³/mol. The van der Waals surface area contributed by atoms with Crippen LogP contribution in [0.5, 0.6) is 0 Å². The minimum Gasteiger partial charge on any atom is -0.383 e. The third-order valence-electron chi connectivity index (χ3n) is 6.06. The summed E-state index contributed by atoms with van der Waals surface area (Å²) in [5.74, 6) is 0.0384. The first-order valence-corrected chi connectivity index (χ1v) is 12.4. The molecule has 9 nitrogen and oxygen atoms in total. The molecule has 4 N–H and O–H groups in total. The summed E-state index contributed by atoms with van der Waals surface area (Å²) in [6.07, 6.45) is 4.16. The number of piperidine rings is 1. The molecule has 10 heteroatoms. The van der Waals surface area contributed by atoms with Crippen molar-refractivity contribution in [3.05, 3.63) is 71.1 Å². The Morgan fingerprint density at radius 3 is 2.35 bits per heavy atom. The molecule has 1 fully saturated rings. The minimum atomic E-state index is -3.77. The fourth-order valence-corrected chi connectivity index (χ4v) is 5.88. The van der Waals surface area contributed by atoms with Gasteiger partial charge in [0, 0.05) is 24.8 Å². The fraction of sp³-hybridized carbons (Fsp3) is 0.208. The molecule has 0 spiro atoms. The van der Waals surface area contributed by atoms with E-state index in [4.69, 9.17) is 11.5 Å². The molecule has 0 bridgehead atoms. The molecule has 1 aliphatic rings.